The summed E-state index contributed by atoms with van der Waals surface area (Å²) in [6, 6.07) is 14.2. The molecule has 3 aromatic rings. The number of hydrogen-bond donors (Lipinski definition) is 0. The number of aryl methyl sites for hydroxylation is 1. The number of nitrogens with zero attached hydrogens (tertiary/aromatic N) is 4. The highest BCUT2D eigenvalue weighted by molar-refractivity contribution is 6.08. The lowest BCUT2D eigenvalue weighted by Crippen LogP contribution is -2.50. The molecule has 1 amide bonds. The maximum atomic E-state index is 12.3. The Hall–Kier alpha value is -3.35. The van der Waals surface area contributed by atoms with E-state index in [4.69, 9.17) is 9.72 Å². The van der Waals surface area contributed by atoms with Gasteiger partial charge < -0.3 is 19.1 Å². The first-order valence-corrected chi connectivity index (χ1v) is 11.2. The quantitative estimate of drug-likeness (QED) is 0.602. The largest absolute Gasteiger partial charge is 0.444 e. The summed E-state index contributed by atoms with van der Waals surface area (Å²) in [7, 11) is 0. The van der Waals surface area contributed by atoms with Gasteiger partial charge in [0.15, 0.2) is 5.78 Å². The third-order valence-electron chi connectivity index (χ3n) is 6.05. The lowest BCUT2D eigenvalue weighted by atomic mass is 10.0. The van der Waals surface area contributed by atoms with Crippen LogP contribution in [0.5, 0.6) is 0 Å². The van der Waals surface area contributed by atoms with Crippen molar-refractivity contribution >= 4 is 28.6 Å². The molecule has 5 rings (SSSR count). The van der Waals surface area contributed by atoms with Gasteiger partial charge in [-0.25, -0.2) is 9.78 Å². The SMILES string of the molecule is CC(C)(C)OC(=O)N1CCN(c2ccc(-c3nc4cccc5c4n3CCC5=O)cc2)CC1. The number of amides is 1. The predicted octanol–water partition coefficient (Wildman–Crippen LogP) is 4.35. The molecule has 7 heteroatoms. The summed E-state index contributed by atoms with van der Waals surface area (Å²) in [6.45, 7) is 9.14. The van der Waals surface area contributed by atoms with Crippen molar-refractivity contribution in [3.05, 3.63) is 48.0 Å². The summed E-state index contributed by atoms with van der Waals surface area (Å²) < 4.78 is 7.65. The van der Waals surface area contributed by atoms with Crippen LogP contribution in [-0.2, 0) is 11.3 Å². The van der Waals surface area contributed by atoms with Crippen molar-refractivity contribution < 1.29 is 14.3 Å². The van der Waals surface area contributed by atoms with Crippen LogP contribution in [0.15, 0.2) is 42.5 Å². The molecule has 0 saturated carbocycles. The van der Waals surface area contributed by atoms with Gasteiger partial charge in [-0.05, 0) is 57.2 Å². The molecular weight excluding hydrogens is 404 g/mol. The van der Waals surface area contributed by atoms with Crippen molar-refractivity contribution in [1.82, 2.24) is 14.5 Å². The van der Waals surface area contributed by atoms with E-state index in [0.29, 0.717) is 26.1 Å². The molecule has 7 nitrogen and oxygen atoms in total. The van der Waals surface area contributed by atoms with Crippen LogP contribution in [0.3, 0.4) is 0 Å². The monoisotopic (exact) mass is 432 g/mol. The summed E-state index contributed by atoms with van der Waals surface area (Å²) in [4.78, 5) is 33.5. The van der Waals surface area contributed by atoms with E-state index in [9.17, 15) is 9.59 Å². The molecule has 0 unspecified atom stereocenters. The van der Waals surface area contributed by atoms with Gasteiger partial charge in [0.05, 0.1) is 11.0 Å². The zero-order chi connectivity index (χ0) is 22.5. The second-order valence-electron chi connectivity index (χ2n) is 9.43. The average molecular weight is 433 g/mol. The van der Waals surface area contributed by atoms with Gasteiger partial charge >= 0.3 is 6.09 Å². The van der Waals surface area contributed by atoms with Gasteiger partial charge in [0.25, 0.3) is 0 Å². The topological polar surface area (TPSA) is 67.7 Å². The molecule has 1 aromatic heterocycles. The summed E-state index contributed by atoms with van der Waals surface area (Å²) in [5.74, 6) is 1.09. The fourth-order valence-corrected chi connectivity index (χ4v) is 4.49. The number of Topliss-reactive ketones (excluding diaryl/α,β-unsaturated/α-hetero) is 1. The molecule has 0 atom stereocenters. The number of anilines is 1. The number of aromatic nitrogens is 2. The zero-order valence-corrected chi connectivity index (χ0v) is 18.8. The number of imidazole rings is 1. The molecule has 2 aromatic carbocycles. The number of hydrogen-bond acceptors (Lipinski definition) is 5. The zero-order valence-electron chi connectivity index (χ0n) is 18.8. The number of carbonyl (C=O) groups is 2. The Bertz CT molecular complexity index is 1180. The third kappa shape index (κ3) is 3.72. The second kappa shape index (κ2) is 7.65. The van der Waals surface area contributed by atoms with E-state index in [1.807, 2.05) is 39.0 Å². The molecule has 0 N–H and O–H groups in total. The van der Waals surface area contributed by atoms with Crippen LogP contribution in [-0.4, -0.2) is 58.1 Å². The van der Waals surface area contributed by atoms with Gasteiger partial charge in [-0.2, -0.15) is 0 Å². The summed E-state index contributed by atoms with van der Waals surface area (Å²) in [6.07, 6.45) is 0.265. The highest BCUT2D eigenvalue weighted by Gasteiger charge is 2.26. The van der Waals surface area contributed by atoms with Crippen molar-refractivity contribution in [3.8, 4) is 11.4 Å². The molecule has 32 heavy (non-hydrogen) atoms. The minimum absolute atomic E-state index is 0.190. The molecule has 1 saturated heterocycles. The first kappa shape index (κ1) is 20.5. The molecule has 3 heterocycles. The lowest BCUT2D eigenvalue weighted by molar-refractivity contribution is 0.0240. The molecule has 2 aliphatic rings. The van der Waals surface area contributed by atoms with Gasteiger partial charge in [-0.3, -0.25) is 4.79 Å². The van der Waals surface area contributed by atoms with Crippen molar-refractivity contribution in [3.63, 3.8) is 0 Å². The lowest BCUT2D eigenvalue weighted by Gasteiger charge is -2.36. The Morgan fingerprint density at radius 2 is 1.69 bits per heavy atom. The smallest absolute Gasteiger partial charge is 0.410 e. The minimum Gasteiger partial charge on any atom is -0.444 e. The van der Waals surface area contributed by atoms with Gasteiger partial charge in [0.1, 0.15) is 11.4 Å². The number of para-hydroxylation sites is 1. The van der Waals surface area contributed by atoms with Gasteiger partial charge in [-0.15, -0.1) is 0 Å². The fraction of sp³-hybridized carbons (Fsp3) is 0.400. The highest BCUT2D eigenvalue weighted by Crippen LogP contribution is 2.32. The van der Waals surface area contributed by atoms with E-state index in [1.54, 1.807) is 4.90 Å². The van der Waals surface area contributed by atoms with E-state index in [1.165, 1.54) is 0 Å². The summed E-state index contributed by atoms with van der Waals surface area (Å²) in [5.41, 5.74) is 4.27. The van der Waals surface area contributed by atoms with Crippen molar-refractivity contribution in [1.29, 1.82) is 0 Å². The van der Waals surface area contributed by atoms with E-state index < -0.39 is 5.60 Å². The van der Waals surface area contributed by atoms with Gasteiger partial charge in [0, 0.05) is 56.0 Å². The van der Waals surface area contributed by atoms with Crippen molar-refractivity contribution in [2.45, 2.75) is 39.3 Å². The van der Waals surface area contributed by atoms with Crippen LogP contribution in [0.2, 0.25) is 0 Å². The summed E-state index contributed by atoms with van der Waals surface area (Å²) >= 11 is 0. The highest BCUT2D eigenvalue weighted by atomic mass is 16.6. The number of piperazine rings is 1. The molecule has 0 aliphatic carbocycles. The number of ketones is 1. The molecule has 1 fully saturated rings. The van der Waals surface area contributed by atoms with Crippen LogP contribution in [0.25, 0.3) is 22.4 Å². The van der Waals surface area contributed by atoms with Crippen LogP contribution < -0.4 is 4.90 Å². The predicted molar refractivity (Wildman–Crippen MR) is 124 cm³/mol. The molecule has 0 radical (unpaired) electrons. The first-order valence-electron chi connectivity index (χ1n) is 11.2. The van der Waals surface area contributed by atoms with Crippen LogP contribution in [0.4, 0.5) is 10.5 Å². The van der Waals surface area contributed by atoms with Gasteiger partial charge in [-0.1, -0.05) is 6.07 Å². The van der Waals surface area contributed by atoms with Gasteiger partial charge in [0.2, 0.25) is 0 Å². The Labute approximate surface area is 187 Å². The molecule has 2 aliphatic heterocycles. The van der Waals surface area contributed by atoms with Crippen molar-refractivity contribution in [2.75, 3.05) is 31.1 Å². The Balaban J connectivity index is 1.32. The second-order valence-corrected chi connectivity index (χ2v) is 9.43. The number of ether oxygens (including phenoxy) is 1. The molecule has 166 valence electrons. The van der Waals surface area contributed by atoms with E-state index in [0.717, 1.165) is 46.8 Å². The Kier molecular flexibility index (Phi) is 4.92. The first-order chi connectivity index (χ1) is 15.3. The Morgan fingerprint density at radius 3 is 2.38 bits per heavy atom. The minimum atomic E-state index is -0.477. The average Bonchev–Trinajstić information content (AvgIpc) is 3.15. The van der Waals surface area contributed by atoms with E-state index >= 15 is 0 Å². The van der Waals surface area contributed by atoms with Crippen LogP contribution in [0, 0.1) is 0 Å². The standard InChI is InChI=1S/C25H28N4O3/c1-25(2,3)32-24(31)28-15-13-27(14-16-28)18-9-7-17(8-10-18)23-26-20-6-4-5-19-21(30)11-12-29(23)22(19)20/h4-10H,11-16H2,1-3H3. The third-order valence-corrected chi connectivity index (χ3v) is 6.05. The molecular formula is C25H28N4O3. The molecule has 0 bridgehead atoms. The maximum Gasteiger partial charge on any atom is 0.410 e. The van der Waals surface area contributed by atoms with Crippen LogP contribution in [0.1, 0.15) is 37.6 Å². The fourth-order valence-electron chi connectivity index (χ4n) is 4.49. The van der Waals surface area contributed by atoms with E-state index in [-0.39, 0.29) is 11.9 Å². The molecule has 0 spiro atoms. The van der Waals surface area contributed by atoms with Crippen LogP contribution >= 0.6 is 0 Å². The Morgan fingerprint density at radius 1 is 0.969 bits per heavy atom. The number of rotatable bonds is 2. The normalized spacial score (nSPS) is 16.5. The maximum absolute atomic E-state index is 12.3. The number of carbonyl (C=O) groups excluding carboxylic acids is 2. The summed E-state index contributed by atoms with van der Waals surface area (Å²) in [5, 5.41) is 0. The van der Waals surface area contributed by atoms with Crippen molar-refractivity contribution in [2.24, 2.45) is 0 Å². The van der Waals surface area contributed by atoms with E-state index in [2.05, 4.69) is 33.7 Å². The number of benzene rings is 2.